The van der Waals surface area contributed by atoms with Crippen molar-refractivity contribution in [2.75, 3.05) is 19.1 Å². The molecule has 3 nitrogen and oxygen atoms in total. The summed E-state index contributed by atoms with van der Waals surface area (Å²) in [6, 6.07) is 20.5. The standard InChI is InChI=1S/C19H19NO2S/c1-14-4-13-19(23-14)20(15-5-9-17(21-2)10-6-15)16-7-11-18(22-3)12-8-16/h4-13H,1-3H3. The molecule has 0 bridgehead atoms. The van der Waals surface area contributed by atoms with Crippen LogP contribution in [0.15, 0.2) is 60.7 Å². The van der Waals surface area contributed by atoms with E-state index in [1.165, 1.54) is 9.88 Å². The second-order valence-corrected chi connectivity index (χ2v) is 6.38. The van der Waals surface area contributed by atoms with Gasteiger partial charge in [0, 0.05) is 16.3 Å². The molecule has 0 aliphatic rings. The van der Waals surface area contributed by atoms with Crippen LogP contribution >= 0.6 is 11.3 Å². The third kappa shape index (κ3) is 3.32. The molecule has 0 atom stereocenters. The normalized spacial score (nSPS) is 10.4. The van der Waals surface area contributed by atoms with E-state index >= 15 is 0 Å². The zero-order valence-corrected chi connectivity index (χ0v) is 14.3. The lowest BCUT2D eigenvalue weighted by atomic mass is 10.2. The maximum atomic E-state index is 5.26. The molecule has 0 aliphatic carbocycles. The van der Waals surface area contributed by atoms with E-state index < -0.39 is 0 Å². The van der Waals surface area contributed by atoms with Gasteiger partial charge in [-0.2, -0.15) is 0 Å². The number of benzene rings is 2. The molecule has 0 spiro atoms. The maximum Gasteiger partial charge on any atom is 0.119 e. The molecule has 2 aromatic carbocycles. The van der Waals surface area contributed by atoms with Crippen LogP contribution in [0, 0.1) is 6.92 Å². The largest absolute Gasteiger partial charge is 0.497 e. The Balaban J connectivity index is 2.05. The molecule has 23 heavy (non-hydrogen) atoms. The lowest BCUT2D eigenvalue weighted by Gasteiger charge is -2.24. The first-order valence-electron chi connectivity index (χ1n) is 7.36. The van der Waals surface area contributed by atoms with Crippen molar-refractivity contribution >= 4 is 27.7 Å². The number of rotatable bonds is 5. The van der Waals surface area contributed by atoms with Crippen LogP contribution < -0.4 is 14.4 Å². The third-order valence-electron chi connectivity index (χ3n) is 3.61. The highest BCUT2D eigenvalue weighted by Gasteiger charge is 2.14. The maximum absolute atomic E-state index is 5.26. The zero-order valence-electron chi connectivity index (χ0n) is 13.4. The highest BCUT2D eigenvalue weighted by molar-refractivity contribution is 7.16. The van der Waals surface area contributed by atoms with Crippen molar-refractivity contribution in [3.05, 3.63) is 65.5 Å². The van der Waals surface area contributed by atoms with Gasteiger partial charge < -0.3 is 14.4 Å². The molecule has 3 aromatic rings. The predicted molar refractivity (Wildman–Crippen MR) is 96.8 cm³/mol. The number of nitrogens with zero attached hydrogens (tertiary/aromatic N) is 1. The molecule has 4 heteroatoms. The van der Waals surface area contributed by atoms with E-state index in [0.717, 1.165) is 22.9 Å². The van der Waals surface area contributed by atoms with Crippen LogP contribution in [-0.2, 0) is 0 Å². The van der Waals surface area contributed by atoms with E-state index in [1.807, 2.05) is 24.3 Å². The molecule has 0 N–H and O–H groups in total. The Morgan fingerprint density at radius 1 is 0.696 bits per heavy atom. The first-order chi connectivity index (χ1) is 11.2. The highest BCUT2D eigenvalue weighted by atomic mass is 32.1. The molecule has 0 radical (unpaired) electrons. The molecule has 0 aliphatic heterocycles. The van der Waals surface area contributed by atoms with Gasteiger partial charge in [-0.3, -0.25) is 0 Å². The Hall–Kier alpha value is -2.46. The van der Waals surface area contributed by atoms with Crippen LogP contribution in [0.2, 0.25) is 0 Å². The zero-order chi connectivity index (χ0) is 16.2. The summed E-state index contributed by atoms with van der Waals surface area (Å²) in [5, 5.41) is 1.18. The Morgan fingerprint density at radius 2 is 1.17 bits per heavy atom. The third-order valence-corrected chi connectivity index (χ3v) is 4.59. The lowest BCUT2D eigenvalue weighted by molar-refractivity contribution is 0.415. The van der Waals surface area contributed by atoms with E-state index in [-0.39, 0.29) is 0 Å². The molecule has 0 fully saturated rings. The van der Waals surface area contributed by atoms with E-state index in [4.69, 9.17) is 9.47 Å². The quantitative estimate of drug-likeness (QED) is 0.614. The molecular formula is C19H19NO2S. The SMILES string of the molecule is COc1ccc(N(c2ccc(OC)cc2)c2ccc(C)s2)cc1. The van der Waals surface area contributed by atoms with Crippen LogP contribution in [0.5, 0.6) is 11.5 Å². The van der Waals surface area contributed by atoms with Gasteiger partial charge >= 0.3 is 0 Å². The molecule has 1 aromatic heterocycles. The predicted octanol–water partition coefficient (Wildman–Crippen LogP) is 5.54. The Morgan fingerprint density at radius 3 is 1.52 bits per heavy atom. The number of methoxy groups -OCH3 is 2. The minimum absolute atomic E-state index is 0.853. The van der Waals surface area contributed by atoms with E-state index in [2.05, 4.69) is 48.2 Å². The smallest absolute Gasteiger partial charge is 0.119 e. The van der Waals surface area contributed by atoms with E-state index in [0.29, 0.717) is 0 Å². The fraction of sp³-hybridized carbons (Fsp3) is 0.158. The van der Waals surface area contributed by atoms with E-state index in [9.17, 15) is 0 Å². The number of hydrogen-bond donors (Lipinski definition) is 0. The van der Waals surface area contributed by atoms with Gasteiger partial charge in [0.05, 0.1) is 14.2 Å². The first-order valence-corrected chi connectivity index (χ1v) is 8.17. The van der Waals surface area contributed by atoms with Crippen molar-refractivity contribution < 1.29 is 9.47 Å². The minimum Gasteiger partial charge on any atom is -0.497 e. The lowest BCUT2D eigenvalue weighted by Crippen LogP contribution is -2.08. The second kappa shape index (κ2) is 6.75. The summed E-state index contributed by atoms with van der Waals surface area (Å²) in [7, 11) is 3.36. The van der Waals surface area contributed by atoms with Crippen LogP contribution in [0.3, 0.4) is 0 Å². The average molecular weight is 325 g/mol. The van der Waals surface area contributed by atoms with Crippen molar-refractivity contribution in [2.45, 2.75) is 6.92 Å². The van der Waals surface area contributed by atoms with Crippen molar-refractivity contribution in [1.29, 1.82) is 0 Å². The molecule has 3 rings (SSSR count). The van der Waals surface area contributed by atoms with Gasteiger partial charge in [-0.15, -0.1) is 11.3 Å². The summed E-state index contributed by atoms with van der Waals surface area (Å²) in [5.41, 5.74) is 2.19. The summed E-state index contributed by atoms with van der Waals surface area (Å²) < 4.78 is 10.5. The molecular weight excluding hydrogens is 306 g/mol. The van der Waals surface area contributed by atoms with Gasteiger partial charge in [-0.05, 0) is 67.6 Å². The summed E-state index contributed by atoms with van der Waals surface area (Å²) in [4.78, 5) is 3.52. The summed E-state index contributed by atoms with van der Waals surface area (Å²) >= 11 is 1.77. The molecule has 0 amide bonds. The number of hydrogen-bond acceptors (Lipinski definition) is 4. The van der Waals surface area contributed by atoms with Gasteiger partial charge in [-0.1, -0.05) is 0 Å². The molecule has 0 unspecified atom stereocenters. The Labute approximate surface area is 140 Å². The second-order valence-electron chi connectivity index (χ2n) is 5.12. The summed E-state index contributed by atoms with van der Waals surface area (Å²) in [6.45, 7) is 2.12. The minimum atomic E-state index is 0.853. The molecule has 118 valence electrons. The Kier molecular flexibility index (Phi) is 4.53. The number of ether oxygens (including phenoxy) is 2. The van der Waals surface area contributed by atoms with Crippen molar-refractivity contribution in [1.82, 2.24) is 0 Å². The van der Waals surface area contributed by atoms with Crippen LogP contribution in [0.4, 0.5) is 16.4 Å². The van der Waals surface area contributed by atoms with Gasteiger partial charge in [0.2, 0.25) is 0 Å². The van der Waals surface area contributed by atoms with Crippen LogP contribution in [-0.4, -0.2) is 14.2 Å². The van der Waals surface area contributed by atoms with Gasteiger partial charge in [0.15, 0.2) is 0 Å². The van der Waals surface area contributed by atoms with Gasteiger partial charge in [-0.25, -0.2) is 0 Å². The Bertz CT molecular complexity index is 715. The number of thiophene rings is 1. The fourth-order valence-corrected chi connectivity index (χ4v) is 3.31. The van der Waals surface area contributed by atoms with E-state index in [1.54, 1.807) is 25.6 Å². The first kappa shape index (κ1) is 15.4. The number of anilines is 3. The highest BCUT2D eigenvalue weighted by Crippen LogP contribution is 2.39. The topological polar surface area (TPSA) is 21.7 Å². The fourth-order valence-electron chi connectivity index (χ4n) is 2.41. The van der Waals surface area contributed by atoms with Gasteiger partial charge in [0.25, 0.3) is 0 Å². The van der Waals surface area contributed by atoms with Crippen molar-refractivity contribution in [3.8, 4) is 11.5 Å². The van der Waals surface area contributed by atoms with Crippen LogP contribution in [0.25, 0.3) is 0 Å². The van der Waals surface area contributed by atoms with Gasteiger partial charge in [0.1, 0.15) is 16.5 Å². The molecule has 1 heterocycles. The van der Waals surface area contributed by atoms with Crippen molar-refractivity contribution in [3.63, 3.8) is 0 Å². The summed E-state index contributed by atoms with van der Waals surface area (Å²) in [6.07, 6.45) is 0. The van der Waals surface area contributed by atoms with Crippen molar-refractivity contribution in [2.24, 2.45) is 0 Å². The number of aryl methyl sites for hydroxylation is 1. The molecule has 0 saturated carbocycles. The summed E-state index contributed by atoms with van der Waals surface area (Å²) in [5.74, 6) is 1.71. The molecule has 0 saturated heterocycles. The monoisotopic (exact) mass is 325 g/mol. The average Bonchev–Trinajstić information content (AvgIpc) is 3.02. The van der Waals surface area contributed by atoms with Crippen LogP contribution in [0.1, 0.15) is 4.88 Å².